The van der Waals surface area contributed by atoms with Gasteiger partial charge in [0.2, 0.25) is 0 Å². The van der Waals surface area contributed by atoms with Crippen molar-refractivity contribution >= 4 is 5.97 Å². The number of ether oxygens (including phenoxy) is 3. The van der Waals surface area contributed by atoms with Gasteiger partial charge in [-0.15, -0.1) is 0 Å². The molecule has 0 fully saturated rings. The molecule has 0 N–H and O–H groups in total. The molecule has 322 valence electrons. The van der Waals surface area contributed by atoms with Crippen LogP contribution in [0.1, 0.15) is 199 Å². The van der Waals surface area contributed by atoms with Gasteiger partial charge in [0.05, 0.1) is 13.2 Å². The number of allylic oxidation sites excluding steroid dienone is 8. The molecule has 5 nitrogen and oxygen atoms in total. The summed E-state index contributed by atoms with van der Waals surface area (Å²) in [4.78, 5) is 14.6. The molecule has 0 spiro atoms. The molecule has 1 rings (SSSR count). The summed E-state index contributed by atoms with van der Waals surface area (Å²) in [7, 11) is 4.04. The third-order valence-corrected chi connectivity index (χ3v) is 9.94. The van der Waals surface area contributed by atoms with Crippen LogP contribution in [0.25, 0.3) is 0 Å². The Morgan fingerprint density at radius 2 is 0.982 bits per heavy atom. The quantitative estimate of drug-likeness (QED) is 0.0380. The third-order valence-electron chi connectivity index (χ3n) is 9.94. The average Bonchev–Trinajstić information content (AvgIpc) is 3.17. The Balaban J connectivity index is 0.0000302. The lowest BCUT2D eigenvalue weighted by Gasteiger charge is -2.17. The van der Waals surface area contributed by atoms with Gasteiger partial charge in [0, 0.05) is 12.0 Å². The second kappa shape index (κ2) is 40.4. The number of esters is 1. The Morgan fingerprint density at radius 3 is 1.45 bits per heavy atom. The highest BCUT2D eigenvalue weighted by molar-refractivity contribution is 5.69. The van der Waals surface area contributed by atoms with Gasteiger partial charge in [-0.3, -0.25) is 4.79 Å². The minimum absolute atomic E-state index is 0. The summed E-state index contributed by atoms with van der Waals surface area (Å²) in [5.41, 5.74) is 1.95. The van der Waals surface area contributed by atoms with Crippen LogP contribution < -0.4 is 9.47 Å². The zero-order valence-electron chi connectivity index (χ0n) is 36.6. The Hall–Kier alpha value is -2.79. The monoisotopic (exact) mass is 780 g/mol. The topological polar surface area (TPSA) is 48.0 Å². The molecule has 0 radical (unpaired) electrons. The SMILES string of the molecule is C.CCCCC/C=C\C/C=C\CCCCCCCCOc1cc(COC(=O)CCCN(C)C)c(OCCCCCCCC/C=C\C/C=C\CCCCC)cc1C. The van der Waals surface area contributed by atoms with Crippen LogP contribution in [0, 0.1) is 6.92 Å². The minimum atomic E-state index is -0.165. The number of nitrogens with zero attached hydrogens (tertiary/aromatic N) is 1. The normalized spacial score (nSPS) is 11.8. The maximum Gasteiger partial charge on any atom is 0.306 e. The van der Waals surface area contributed by atoms with E-state index in [2.05, 4.69) is 80.3 Å². The summed E-state index contributed by atoms with van der Waals surface area (Å²) in [5.74, 6) is 1.51. The Kier molecular flexibility index (Phi) is 38.4. The fraction of sp³-hybridized carbons (Fsp3) is 0.706. The van der Waals surface area contributed by atoms with Crippen LogP contribution >= 0.6 is 0 Å². The van der Waals surface area contributed by atoms with E-state index in [1.807, 2.05) is 20.2 Å². The number of hydrogen-bond acceptors (Lipinski definition) is 5. The zero-order chi connectivity index (χ0) is 39.9. The van der Waals surface area contributed by atoms with Crippen molar-refractivity contribution in [1.29, 1.82) is 0 Å². The first-order valence-corrected chi connectivity index (χ1v) is 22.8. The molecule has 0 aliphatic rings. The predicted octanol–water partition coefficient (Wildman–Crippen LogP) is 15.4. The van der Waals surface area contributed by atoms with Crippen molar-refractivity contribution in [3.05, 3.63) is 71.9 Å². The van der Waals surface area contributed by atoms with Crippen LogP contribution in [-0.2, 0) is 16.1 Å². The lowest BCUT2D eigenvalue weighted by atomic mass is 10.1. The van der Waals surface area contributed by atoms with Gasteiger partial charge < -0.3 is 19.1 Å². The first-order valence-electron chi connectivity index (χ1n) is 22.8. The van der Waals surface area contributed by atoms with E-state index in [0.29, 0.717) is 19.6 Å². The largest absolute Gasteiger partial charge is 0.493 e. The summed E-state index contributed by atoms with van der Waals surface area (Å²) in [6.45, 7) is 9.05. The summed E-state index contributed by atoms with van der Waals surface area (Å²) >= 11 is 0. The van der Waals surface area contributed by atoms with Crippen LogP contribution in [0.15, 0.2) is 60.7 Å². The molecule has 1 aromatic rings. The van der Waals surface area contributed by atoms with Crippen molar-refractivity contribution in [3.8, 4) is 11.5 Å². The lowest BCUT2D eigenvalue weighted by molar-refractivity contribution is -0.145. The molecule has 0 aliphatic heterocycles. The van der Waals surface area contributed by atoms with E-state index in [9.17, 15) is 4.79 Å². The van der Waals surface area contributed by atoms with E-state index in [-0.39, 0.29) is 20.0 Å². The highest BCUT2D eigenvalue weighted by Crippen LogP contribution is 2.30. The van der Waals surface area contributed by atoms with Gasteiger partial charge >= 0.3 is 5.97 Å². The summed E-state index contributed by atoms with van der Waals surface area (Å²) in [6, 6.07) is 4.10. The molecule has 56 heavy (non-hydrogen) atoms. The zero-order valence-corrected chi connectivity index (χ0v) is 36.6. The maximum absolute atomic E-state index is 12.5. The standard InChI is InChI=1S/C50H85NO4.CH4/c1-6-8-10-12-14-16-18-20-22-24-26-28-30-32-34-36-41-53-48-44-47(45-55-50(52)39-38-40-51(4)5)49(43-46(48)3)54-42-37-35-33-31-29-27-25-23-21-19-17-15-13-11-9-7-2;/h14-17,20-23,43-44H,6-13,18-19,24-42,45H2,1-5H3;1H4/b16-14-,17-15-,22-20-,23-21-;. The molecular weight excluding hydrogens is 691 g/mol. The number of carbonyl (C=O) groups is 1. The smallest absolute Gasteiger partial charge is 0.306 e. The van der Waals surface area contributed by atoms with Gasteiger partial charge in [-0.05, 0) is 129 Å². The lowest BCUT2D eigenvalue weighted by Crippen LogP contribution is -2.15. The van der Waals surface area contributed by atoms with Crippen LogP contribution in [0.4, 0.5) is 0 Å². The second-order valence-corrected chi connectivity index (χ2v) is 15.7. The number of rotatable bonds is 38. The van der Waals surface area contributed by atoms with E-state index >= 15 is 0 Å². The first kappa shape index (κ1) is 53.2. The Bertz CT molecular complexity index is 1150. The second-order valence-electron chi connectivity index (χ2n) is 15.7. The maximum atomic E-state index is 12.5. The molecule has 1 aromatic carbocycles. The number of hydrogen-bond donors (Lipinski definition) is 0. The summed E-state index contributed by atoms with van der Waals surface area (Å²) in [6.07, 6.45) is 49.3. The van der Waals surface area contributed by atoms with E-state index in [4.69, 9.17) is 14.2 Å². The van der Waals surface area contributed by atoms with Crippen molar-refractivity contribution < 1.29 is 19.0 Å². The molecule has 0 aliphatic carbocycles. The van der Waals surface area contributed by atoms with Crippen molar-refractivity contribution in [2.45, 2.75) is 202 Å². The highest BCUT2D eigenvalue weighted by atomic mass is 16.5. The van der Waals surface area contributed by atoms with E-state index in [1.54, 1.807) is 0 Å². The van der Waals surface area contributed by atoms with Crippen LogP contribution in [-0.4, -0.2) is 44.7 Å². The van der Waals surface area contributed by atoms with Gasteiger partial charge in [-0.25, -0.2) is 0 Å². The van der Waals surface area contributed by atoms with Crippen LogP contribution in [0.3, 0.4) is 0 Å². The van der Waals surface area contributed by atoms with E-state index in [1.165, 1.54) is 128 Å². The van der Waals surface area contributed by atoms with E-state index in [0.717, 1.165) is 61.3 Å². The number of aryl methyl sites for hydroxylation is 1. The molecular formula is C51H89NO4. The Morgan fingerprint density at radius 1 is 0.554 bits per heavy atom. The van der Waals surface area contributed by atoms with Crippen molar-refractivity contribution in [1.82, 2.24) is 4.90 Å². The molecule has 0 bridgehead atoms. The van der Waals surface area contributed by atoms with Gasteiger partial charge in [0.1, 0.15) is 18.1 Å². The number of unbranched alkanes of at least 4 members (excludes halogenated alkanes) is 18. The van der Waals surface area contributed by atoms with Gasteiger partial charge in [-0.2, -0.15) is 0 Å². The third kappa shape index (κ3) is 33.4. The predicted molar refractivity (Wildman–Crippen MR) is 245 cm³/mol. The molecule has 5 heteroatoms. The number of carbonyl (C=O) groups excluding carboxylic acids is 1. The fourth-order valence-electron chi connectivity index (χ4n) is 6.42. The molecule has 0 saturated heterocycles. The first-order chi connectivity index (χ1) is 27.0. The van der Waals surface area contributed by atoms with Crippen LogP contribution in [0.5, 0.6) is 11.5 Å². The van der Waals surface area contributed by atoms with Crippen LogP contribution in [0.2, 0.25) is 0 Å². The summed E-state index contributed by atoms with van der Waals surface area (Å²) in [5, 5.41) is 0. The van der Waals surface area contributed by atoms with Crippen molar-refractivity contribution in [2.75, 3.05) is 33.9 Å². The van der Waals surface area contributed by atoms with E-state index < -0.39 is 0 Å². The molecule has 0 atom stereocenters. The van der Waals surface area contributed by atoms with Gasteiger partial charge in [0.15, 0.2) is 0 Å². The number of benzene rings is 1. The molecule has 0 amide bonds. The Labute approximate surface area is 347 Å². The molecule has 0 aromatic heterocycles. The molecule has 0 saturated carbocycles. The van der Waals surface area contributed by atoms with Gasteiger partial charge in [0.25, 0.3) is 0 Å². The fourth-order valence-corrected chi connectivity index (χ4v) is 6.42. The molecule has 0 unspecified atom stereocenters. The van der Waals surface area contributed by atoms with Crippen molar-refractivity contribution in [3.63, 3.8) is 0 Å². The molecule has 0 heterocycles. The average molecular weight is 780 g/mol. The minimum Gasteiger partial charge on any atom is -0.493 e. The van der Waals surface area contributed by atoms with Crippen molar-refractivity contribution in [2.24, 2.45) is 0 Å². The highest BCUT2D eigenvalue weighted by Gasteiger charge is 2.13. The summed E-state index contributed by atoms with van der Waals surface area (Å²) < 4.78 is 18.3. The van der Waals surface area contributed by atoms with Gasteiger partial charge in [-0.1, -0.05) is 147 Å².